The van der Waals surface area contributed by atoms with Crippen LogP contribution in [0.2, 0.25) is 0 Å². The van der Waals surface area contributed by atoms with E-state index in [9.17, 15) is 0 Å². The molecule has 2 aliphatic heterocycles. The summed E-state index contributed by atoms with van der Waals surface area (Å²) in [7, 11) is 0. The maximum Gasteiger partial charge on any atom is 0.297 e. The molecule has 2 rings (SSSR count). The Morgan fingerprint density at radius 3 is 3.20 bits per heavy atom. The quantitative estimate of drug-likeness (QED) is 0.486. The minimum Gasteiger partial charge on any atom is -0.463 e. The Labute approximate surface area is 64.6 Å². The summed E-state index contributed by atoms with van der Waals surface area (Å²) in [6.07, 6.45) is 1.26. The standard InChI is InChI=1S/C6H10N2OS/c1-3-8(10-5-1)6-7-2-4-9-6/h1-5H2. The molecule has 0 radical (unpaired) electrons. The molecule has 1 saturated heterocycles. The molecule has 4 heteroatoms. The van der Waals surface area contributed by atoms with E-state index in [2.05, 4.69) is 9.30 Å². The van der Waals surface area contributed by atoms with Gasteiger partial charge in [0.1, 0.15) is 6.61 Å². The zero-order chi connectivity index (χ0) is 6.81. The monoisotopic (exact) mass is 158 g/mol. The molecule has 3 nitrogen and oxygen atoms in total. The lowest BCUT2D eigenvalue weighted by molar-refractivity contribution is 0.312. The van der Waals surface area contributed by atoms with Crippen LogP contribution in [0.15, 0.2) is 4.99 Å². The fourth-order valence-electron chi connectivity index (χ4n) is 1.07. The average molecular weight is 158 g/mol. The van der Waals surface area contributed by atoms with Crippen LogP contribution in [0, 0.1) is 0 Å². The van der Waals surface area contributed by atoms with Crippen molar-refractivity contribution in [2.75, 3.05) is 25.4 Å². The third-order valence-electron chi connectivity index (χ3n) is 1.54. The van der Waals surface area contributed by atoms with Crippen molar-refractivity contribution in [1.82, 2.24) is 4.31 Å². The van der Waals surface area contributed by atoms with Gasteiger partial charge >= 0.3 is 0 Å². The van der Waals surface area contributed by atoms with Crippen molar-refractivity contribution < 1.29 is 4.74 Å². The molecule has 0 saturated carbocycles. The van der Waals surface area contributed by atoms with Crippen LogP contribution in [0.5, 0.6) is 0 Å². The number of ether oxygens (including phenoxy) is 1. The van der Waals surface area contributed by atoms with Crippen molar-refractivity contribution in [3.8, 4) is 0 Å². The maximum atomic E-state index is 5.29. The SMILES string of the molecule is C1CSN(C2=NCCO2)C1. The van der Waals surface area contributed by atoms with E-state index in [1.807, 2.05) is 11.9 Å². The minimum atomic E-state index is 0.770. The summed E-state index contributed by atoms with van der Waals surface area (Å²) in [5.74, 6) is 1.21. The number of rotatable bonds is 0. The highest BCUT2D eigenvalue weighted by Gasteiger charge is 2.20. The average Bonchev–Trinajstić information content (AvgIpc) is 2.59. The summed E-state index contributed by atoms with van der Waals surface area (Å²) in [6.45, 7) is 2.71. The first-order valence-electron chi connectivity index (χ1n) is 3.54. The van der Waals surface area contributed by atoms with Gasteiger partial charge in [0.05, 0.1) is 6.54 Å². The minimum absolute atomic E-state index is 0.770. The fourth-order valence-corrected chi connectivity index (χ4v) is 2.03. The van der Waals surface area contributed by atoms with Gasteiger partial charge in [-0.3, -0.25) is 4.31 Å². The van der Waals surface area contributed by atoms with Gasteiger partial charge in [-0.15, -0.1) is 0 Å². The molecule has 2 aliphatic rings. The number of aliphatic imine (C=N–C) groups is 1. The second kappa shape index (κ2) is 2.70. The number of hydrogen-bond donors (Lipinski definition) is 0. The van der Waals surface area contributed by atoms with E-state index < -0.39 is 0 Å². The smallest absolute Gasteiger partial charge is 0.297 e. The molecular formula is C6H10N2OS. The Hall–Kier alpha value is -0.380. The van der Waals surface area contributed by atoms with Crippen LogP contribution in [0.3, 0.4) is 0 Å². The molecule has 10 heavy (non-hydrogen) atoms. The lowest BCUT2D eigenvalue weighted by Gasteiger charge is -2.13. The third-order valence-corrected chi connectivity index (χ3v) is 2.66. The summed E-state index contributed by atoms with van der Waals surface area (Å²) in [5.41, 5.74) is 0. The highest BCUT2D eigenvalue weighted by molar-refractivity contribution is 7.97. The lowest BCUT2D eigenvalue weighted by atomic mass is 10.5. The molecule has 0 aromatic heterocycles. The van der Waals surface area contributed by atoms with Crippen LogP contribution >= 0.6 is 11.9 Å². The van der Waals surface area contributed by atoms with Gasteiger partial charge in [-0.05, 0) is 18.4 Å². The van der Waals surface area contributed by atoms with Gasteiger partial charge in [0, 0.05) is 12.3 Å². The van der Waals surface area contributed by atoms with E-state index in [-0.39, 0.29) is 0 Å². The molecule has 0 amide bonds. The predicted molar refractivity (Wildman–Crippen MR) is 42.0 cm³/mol. The molecule has 0 unspecified atom stereocenters. The molecule has 0 atom stereocenters. The Balaban J connectivity index is 1.97. The predicted octanol–water partition coefficient (Wildman–Crippen LogP) is 0.727. The van der Waals surface area contributed by atoms with Crippen LogP contribution in [-0.4, -0.2) is 35.8 Å². The van der Waals surface area contributed by atoms with Crippen LogP contribution in [0.25, 0.3) is 0 Å². The van der Waals surface area contributed by atoms with Gasteiger partial charge in [0.15, 0.2) is 0 Å². The first kappa shape index (κ1) is 6.34. The van der Waals surface area contributed by atoms with Gasteiger partial charge in [0.2, 0.25) is 0 Å². The maximum absolute atomic E-state index is 5.29. The topological polar surface area (TPSA) is 24.8 Å². The molecule has 0 aliphatic carbocycles. The third kappa shape index (κ3) is 1.08. The molecular weight excluding hydrogens is 148 g/mol. The van der Waals surface area contributed by atoms with Crippen LogP contribution < -0.4 is 0 Å². The van der Waals surface area contributed by atoms with E-state index in [0.717, 1.165) is 25.7 Å². The zero-order valence-electron chi connectivity index (χ0n) is 5.75. The van der Waals surface area contributed by atoms with Crippen molar-refractivity contribution in [2.45, 2.75) is 6.42 Å². The van der Waals surface area contributed by atoms with E-state index in [4.69, 9.17) is 4.74 Å². The number of nitrogens with zero attached hydrogens (tertiary/aromatic N) is 2. The van der Waals surface area contributed by atoms with Gasteiger partial charge in [0.25, 0.3) is 6.02 Å². The Kier molecular flexibility index (Phi) is 1.71. The summed E-state index contributed by atoms with van der Waals surface area (Å²) in [6, 6.07) is 0.850. The van der Waals surface area contributed by atoms with Gasteiger partial charge in [-0.25, -0.2) is 4.99 Å². The molecule has 1 fully saturated rings. The van der Waals surface area contributed by atoms with Crippen molar-refractivity contribution >= 4 is 18.0 Å². The van der Waals surface area contributed by atoms with Crippen molar-refractivity contribution in [3.05, 3.63) is 0 Å². The number of hydrogen-bond acceptors (Lipinski definition) is 4. The van der Waals surface area contributed by atoms with E-state index in [1.54, 1.807) is 0 Å². The van der Waals surface area contributed by atoms with Gasteiger partial charge in [-0.2, -0.15) is 0 Å². The van der Waals surface area contributed by atoms with E-state index in [0.29, 0.717) is 0 Å². The van der Waals surface area contributed by atoms with Crippen molar-refractivity contribution in [2.24, 2.45) is 4.99 Å². The first-order chi connectivity index (χ1) is 4.97. The summed E-state index contributed by atoms with van der Waals surface area (Å²) in [4.78, 5) is 4.22. The normalized spacial score (nSPS) is 24.8. The summed E-state index contributed by atoms with van der Waals surface area (Å²) < 4.78 is 7.44. The highest BCUT2D eigenvalue weighted by atomic mass is 32.2. The molecule has 0 aromatic rings. The molecule has 0 N–H and O–H groups in total. The van der Waals surface area contributed by atoms with Gasteiger partial charge in [-0.1, -0.05) is 0 Å². The highest BCUT2D eigenvalue weighted by Crippen LogP contribution is 2.21. The largest absolute Gasteiger partial charge is 0.463 e. The molecule has 2 heterocycles. The van der Waals surface area contributed by atoms with Crippen molar-refractivity contribution in [1.29, 1.82) is 0 Å². The van der Waals surface area contributed by atoms with E-state index >= 15 is 0 Å². The second-order valence-electron chi connectivity index (χ2n) is 2.30. The Morgan fingerprint density at radius 2 is 2.60 bits per heavy atom. The van der Waals surface area contributed by atoms with Crippen LogP contribution in [0.4, 0.5) is 0 Å². The summed E-state index contributed by atoms with van der Waals surface area (Å²) >= 11 is 1.82. The van der Waals surface area contributed by atoms with Crippen molar-refractivity contribution in [3.63, 3.8) is 0 Å². The van der Waals surface area contributed by atoms with E-state index in [1.165, 1.54) is 12.2 Å². The molecule has 0 aromatic carbocycles. The fraction of sp³-hybridized carbons (Fsp3) is 0.833. The zero-order valence-corrected chi connectivity index (χ0v) is 6.56. The molecule has 0 spiro atoms. The van der Waals surface area contributed by atoms with Crippen LogP contribution in [0.1, 0.15) is 6.42 Å². The van der Waals surface area contributed by atoms with Gasteiger partial charge < -0.3 is 4.74 Å². The second-order valence-corrected chi connectivity index (χ2v) is 3.41. The Bertz CT molecular complexity index is 154. The Morgan fingerprint density at radius 1 is 1.60 bits per heavy atom. The van der Waals surface area contributed by atoms with Crippen LogP contribution in [-0.2, 0) is 4.74 Å². The number of amidine groups is 1. The lowest BCUT2D eigenvalue weighted by Crippen LogP contribution is -2.21. The first-order valence-corrected chi connectivity index (χ1v) is 4.49. The summed E-state index contributed by atoms with van der Waals surface area (Å²) in [5, 5.41) is 0. The molecule has 56 valence electrons. The molecule has 0 bridgehead atoms.